The Labute approximate surface area is 163 Å². The molecule has 2 amide bonds. The number of anilines is 2. The Morgan fingerprint density at radius 2 is 1.93 bits per heavy atom. The van der Waals surface area contributed by atoms with E-state index in [9.17, 15) is 9.59 Å². The summed E-state index contributed by atoms with van der Waals surface area (Å²) in [6.07, 6.45) is 2.82. The van der Waals surface area contributed by atoms with Crippen LogP contribution in [0.15, 0.2) is 29.6 Å². The second kappa shape index (κ2) is 9.10. The summed E-state index contributed by atoms with van der Waals surface area (Å²) in [6.45, 7) is 5.75. The topological polar surface area (TPSA) is 83.1 Å². The minimum Gasteiger partial charge on any atom is -0.326 e. The van der Waals surface area contributed by atoms with Gasteiger partial charge in [-0.05, 0) is 49.9 Å². The molecular formula is C20H26N4O2S. The molecule has 27 heavy (non-hydrogen) atoms. The molecule has 0 bridgehead atoms. The van der Waals surface area contributed by atoms with Gasteiger partial charge in [0.25, 0.3) is 0 Å². The predicted molar refractivity (Wildman–Crippen MR) is 110 cm³/mol. The molecule has 7 heteroatoms. The minimum atomic E-state index is -0.0971. The SMILES string of the molecule is CC(=O)Nc1ccc(-c2csc(NC(=O)CC(C)C3CCNCC3)n2)cc1. The van der Waals surface area contributed by atoms with Gasteiger partial charge in [-0.3, -0.25) is 9.59 Å². The van der Waals surface area contributed by atoms with Crippen LogP contribution in [-0.2, 0) is 9.59 Å². The highest BCUT2D eigenvalue weighted by molar-refractivity contribution is 7.14. The van der Waals surface area contributed by atoms with Gasteiger partial charge < -0.3 is 16.0 Å². The van der Waals surface area contributed by atoms with Crippen molar-refractivity contribution >= 4 is 34.0 Å². The Bertz CT molecular complexity index is 782. The van der Waals surface area contributed by atoms with Gasteiger partial charge in [0.05, 0.1) is 5.69 Å². The van der Waals surface area contributed by atoms with E-state index in [4.69, 9.17) is 0 Å². The van der Waals surface area contributed by atoms with E-state index in [1.807, 2.05) is 29.6 Å². The first-order chi connectivity index (χ1) is 13.0. The number of amides is 2. The van der Waals surface area contributed by atoms with Gasteiger partial charge >= 0.3 is 0 Å². The van der Waals surface area contributed by atoms with E-state index >= 15 is 0 Å². The normalized spacial score (nSPS) is 15.9. The number of thiazole rings is 1. The molecule has 1 fully saturated rings. The van der Waals surface area contributed by atoms with Crippen molar-refractivity contribution in [2.24, 2.45) is 11.8 Å². The number of nitrogens with zero attached hydrogens (tertiary/aromatic N) is 1. The van der Waals surface area contributed by atoms with E-state index in [2.05, 4.69) is 27.9 Å². The molecule has 1 aromatic heterocycles. The van der Waals surface area contributed by atoms with Crippen molar-refractivity contribution in [3.05, 3.63) is 29.6 Å². The molecule has 1 aliphatic heterocycles. The van der Waals surface area contributed by atoms with E-state index in [0.717, 1.165) is 42.9 Å². The highest BCUT2D eigenvalue weighted by Gasteiger charge is 2.22. The lowest BCUT2D eigenvalue weighted by Crippen LogP contribution is -2.32. The summed E-state index contributed by atoms with van der Waals surface area (Å²) in [4.78, 5) is 28.0. The van der Waals surface area contributed by atoms with E-state index in [0.29, 0.717) is 23.4 Å². The second-order valence-corrected chi connectivity index (χ2v) is 7.97. The van der Waals surface area contributed by atoms with Crippen LogP contribution in [0.25, 0.3) is 11.3 Å². The predicted octanol–water partition coefficient (Wildman–Crippen LogP) is 3.73. The summed E-state index contributed by atoms with van der Waals surface area (Å²) in [5.74, 6) is 0.932. The van der Waals surface area contributed by atoms with Gasteiger partial charge in [0.1, 0.15) is 0 Å². The third-order valence-electron chi connectivity index (χ3n) is 4.95. The van der Waals surface area contributed by atoms with Crippen molar-refractivity contribution in [3.8, 4) is 11.3 Å². The molecule has 0 radical (unpaired) electrons. The van der Waals surface area contributed by atoms with Gasteiger partial charge in [0.2, 0.25) is 11.8 Å². The largest absolute Gasteiger partial charge is 0.326 e. The average molecular weight is 387 g/mol. The molecule has 1 aliphatic rings. The first-order valence-electron chi connectivity index (χ1n) is 9.35. The summed E-state index contributed by atoms with van der Waals surface area (Å²) in [5.41, 5.74) is 2.52. The van der Waals surface area contributed by atoms with Crippen molar-refractivity contribution in [2.45, 2.75) is 33.1 Å². The Morgan fingerprint density at radius 1 is 1.22 bits per heavy atom. The summed E-state index contributed by atoms with van der Waals surface area (Å²) >= 11 is 1.43. The van der Waals surface area contributed by atoms with Crippen LogP contribution in [0, 0.1) is 11.8 Å². The number of hydrogen-bond donors (Lipinski definition) is 3. The zero-order valence-corrected chi connectivity index (χ0v) is 16.6. The van der Waals surface area contributed by atoms with Crippen LogP contribution in [0.3, 0.4) is 0 Å². The number of nitrogens with one attached hydrogen (secondary N) is 3. The minimum absolute atomic E-state index is 0.0305. The maximum Gasteiger partial charge on any atom is 0.226 e. The standard InChI is InChI=1S/C20H26N4O2S/c1-13(15-7-9-21-10-8-15)11-19(26)24-20-23-18(12-27-20)16-3-5-17(6-4-16)22-14(2)25/h3-6,12-13,15,21H,7-11H2,1-2H3,(H,22,25)(H,23,24,26). The Balaban J connectivity index is 1.55. The van der Waals surface area contributed by atoms with E-state index in [-0.39, 0.29) is 11.8 Å². The van der Waals surface area contributed by atoms with Crippen LogP contribution in [0.2, 0.25) is 0 Å². The van der Waals surface area contributed by atoms with Crippen LogP contribution in [-0.4, -0.2) is 29.9 Å². The molecule has 0 spiro atoms. The van der Waals surface area contributed by atoms with Gasteiger partial charge in [-0.25, -0.2) is 4.98 Å². The highest BCUT2D eigenvalue weighted by atomic mass is 32.1. The number of carbonyl (C=O) groups is 2. The van der Waals surface area contributed by atoms with Crippen molar-refractivity contribution < 1.29 is 9.59 Å². The van der Waals surface area contributed by atoms with Crippen molar-refractivity contribution in [1.29, 1.82) is 0 Å². The quantitative estimate of drug-likeness (QED) is 0.706. The van der Waals surface area contributed by atoms with Gasteiger partial charge in [-0.2, -0.15) is 0 Å². The van der Waals surface area contributed by atoms with Crippen LogP contribution in [0.5, 0.6) is 0 Å². The molecule has 1 unspecified atom stereocenters. The summed E-state index contributed by atoms with van der Waals surface area (Å²) in [5, 5.41) is 11.6. The Hall–Kier alpha value is -2.25. The van der Waals surface area contributed by atoms with Crippen LogP contribution < -0.4 is 16.0 Å². The van der Waals surface area contributed by atoms with Crippen molar-refractivity contribution in [2.75, 3.05) is 23.7 Å². The Morgan fingerprint density at radius 3 is 2.59 bits per heavy atom. The van der Waals surface area contributed by atoms with Crippen LogP contribution >= 0.6 is 11.3 Å². The molecule has 3 rings (SSSR count). The van der Waals surface area contributed by atoms with Crippen molar-refractivity contribution in [1.82, 2.24) is 10.3 Å². The highest BCUT2D eigenvalue weighted by Crippen LogP contribution is 2.28. The van der Waals surface area contributed by atoms with E-state index < -0.39 is 0 Å². The molecule has 6 nitrogen and oxygen atoms in total. The van der Waals surface area contributed by atoms with Crippen LogP contribution in [0.1, 0.15) is 33.1 Å². The maximum absolute atomic E-state index is 12.4. The number of hydrogen-bond acceptors (Lipinski definition) is 5. The molecule has 3 N–H and O–H groups in total. The lowest BCUT2D eigenvalue weighted by Gasteiger charge is -2.27. The van der Waals surface area contributed by atoms with Gasteiger partial charge in [-0.15, -0.1) is 11.3 Å². The van der Waals surface area contributed by atoms with Crippen LogP contribution in [0.4, 0.5) is 10.8 Å². The number of aromatic nitrogens is 1. The molecule has 2 aromatic rings. The zero-order valence-electron chi connectivity index (χ0n) is 15.7. The lowest BCUT2D eigenvalue weighted by molar-refractivity contribution is -0.117. The second-order valence-electron chi connectivity index (χ2n) is 7.11. The van der Waals surface area contributed by atoms with Gasteiger partial charge in [0, 0.05) is 30.0 Å². The molecule has 0 aliphatic carbocycles. The molecule has 2 heterocycles. The number of carbonyl (C=O) groups excluding carboxylic acids is 2. The van der Waals surface area contributed by atoms with E-state index in [1.54, 1.807) is 0 Å². The fraction of sp³-hybridized carbons (Fsp3) is 0.450. The fourth-order valence-electron chi connectivity index (χ4n) is 3.43. The monoisotopic (exact) mass is 386 g/mol. The zero-order chi connectivity index (χ0) is 19.2. The first kappa shape index (κ1) is 19.5. The van der Waals surface area contributed by atoms with Crippen molar-refractivity contribution in [3.63, 3.8) is 0 Å². The first-order valence-corrected chi connectivity index (χ1v) is 10.2. The van der Waals surface area contributed by atoms with Gasteiger partial charge in [0.15, 0.2) is 5.13 Å². The fourth-order valence-corrected chi connectivity index (χ4v) is 4.17. The molecular weight excluding hydrogens is 360 g/mol. The smallest absolute Gasteiger partial charge is 0.226 e. The number of rotatable bonds is 6. The number of piperidine rings is 1. The molecule has 1 aromatic carbocycles. The summed E-state index contributed by atoms with van der Waals surface area (Å²) in [7, 11) is 0. The maximum atomic E-state index is 12.4. The van der Waals surface area contributed by atoms with E-state index in [1.165, 1.54) is 18.3 Å². The molecule has 144 valence electrons. The summed E-state index contributed by atoms with van der Waals surface area (Å²) in [6, 6.07) is 7.50. The number of benzene rings is 1. The summed E-state index contributed by atoms with van der Waals surface area (Å²) < 4.78 is 0. The lowest BCUT2D eigenvalue weighted by atomic mass is 9.84. The Kier molecular flexibility index (Phi) is 6.58. The average Bonchev–Trinajstić information content (AvgIpc) is 3.11. The molecule has 1 atom stereocenters. The third-order valence-corrected chi connectivity index (χ3v) is 5.71. The third kappa shape index (κ3) is 5.61. The molecule has 0 saturated carbocycles. The molecule has 1 saturated heterocycles. The van der Waals surface area contributed by atoms with Gasteiger partial charge in [-0.1, -0.05) is 19.1 Å².